The molecule has 0 bridgehead atoms. The molecule has 3 aliphatic rings. The molecule has 0 spiro atoms. The first-order valence-electron chi connectivity index (χ1n) is 33.9. The molecule has 3 fully saturated rings. The molecule has 0 aromatic rings. The summed E-state index contributed by atoms with van der Waals surface area (Å²) in [6.07, 6.45) is -11.4. The maximum absolute atomic E-state index is 13.6. The van der Waals surface area contributed by atoms with E-state index in [1.165, 1.54) is 20.8 Å². The van der Waals surface area contributed by atoms with E-state index in [1.807, 2.05) is 6.92 Å². The Kier molecular flexibility index (Phi) is 47.6. The number of ether oxygens (including phenoxy) is 18. The van der Waals surface area contributed by atoms with Gasteiger partial charge in [0.25, 0.3) is 0 Å². The van der Waals surface area contributed by atoms with Crippen molar-refractivity contribution in [3.63, 3.8) is 0 Å². The van der Waals surface area contributed by atoms with Gasteiger partial charge in [0, 0.05) is 66.1 Å². The van der Waals surface area contributed by atoms with Gasteiger partial charge in [0.05, 0.1) is 157 Å². The highest BCUT2D eigenvalue weighted by atomic mass is 16.7. The minimum atomic E-state index is -1.39. The number of aliphatic hydroxyl groups excluding tert-OH is 6. The van der Waals surface area contributed by atoms with Crippen LogP contribution in [0.1, 0.15) is 79.1 Å². The molecule has 100 heavy (non-hydrogen) atoms. The number of hydrogen-bond acceptors (Lipinski definition) is 34. The third-order valence-corrected chi connectivity index (χ3v) is 15.2. The van der Waals surface area contributed by atoms with Crippen LogP contribution in [0.2, 0.25) is 0 Å². The summed E-state index contributed by atoms with van der Waals surface area (Å²) in [7, 11) is 0. The summed E-state index contributed by atoms with van der Waals surface area (Å²) in [5, 5.41) is 72.9. The average Bonchev–Trinajstić information content (AvgIpc) is 0.834. The molecule has 0 aromatic heterocycles. The second-order valence-corrected chi connectivity index (χ2v) is 23.6. The number of carbonyl (C=O) groups excluding carboxylic acids is 7. The maximum Gasteiger partial charge on any atom is 0.302 e. The van der Waals surface area contributed by atoms with Gasteiger partial charge in [-0.25, -0.2) is 0 Å². The normalized spacial score (nSPS) is 25.9. The Labute approximate surface area is 582 Å². The van der Waals surface area contributed by atoms with Gasteiger partial charge in [-0.2, -0.15) is 0 Å². The van der Waals surface area contributed by atoms with E-state index in [-0.39, 0.29) is 228 Å². The largest absolute Gasteiger partial charge is 0.463 e. The van der Waals surface area contributed by atoms with Crippen LogP contribution in [0.15, 0.2) is 0 Å². The second kappa shape index (κ2) is 53.2. The number of amides is 4. The fourth-order valence-electron chi connectivity index (χ4n) is 9.61. The van der Waals surface area contributed by atoms with Crippen LogP contribution in [0, 0.1) is 0 Å². The van der Waals surface area contributed by atoms with Crippen LogP contribution in [0.4, 0.5) is 0 Å². The highest BCUT2D eigenvalue weighted by Crippen LogP contribution is 2.24. The van der Waals surface area contributed by atoms with Crippen molar-refractivity contribution in [2.75, 3.05) is 178 Å². The maximum atomic E-state index is 13.6. The van der Waals surface area contributed by atoms with Gasteiger partial charge in [-0.3, -0.25) is 33.6 Å². The third kappa shape index (κ3) is 38.2. The molecule has 16 N–H and O–H groups in total. The predicted octanol–water partition coefficient (Wildman–Crippen LogP) is -6.46. The molecular formula is C62H113N7O31. The fraction of sp³-hybridized carbons (Fsp3) is 0.887. The monoisotopic (exact) mass is 1450 g/mol. The van der Waals surface area contributed by atoms with Crippen LogP contribution in [-0.4, -0.2) is 348 Å². The zero-order valence-corrected chi connectivity index (χ0v) is 58.0. The van der Waals surface area contributed by atoms with Gasteiger partial charge in [-0.1, -0.05) is 26.2 Å². The Morgan fingerprint density at radius 1 is 0.360 bits per heavy atom. The summed E-state index contributed by atoms with van der Waals surface area (Å²) >= 11 is 0. The molecule has 3 aliphatic heterocycles. The summed E-state index contributed by atoms with van der Waals surface area (Å²) in [5.74, 6) is -3.13. The van der Waals surface area contributed by atoms with Gasteiger partial charge in [0.2, 0.25) is 23.6 Å². The first kappa shape index (κ1) is 89.5. The molecular weight excluding hydrogens is 1340 g/mol. The van der Waals surface area contributed by atoms with E-state index in [0.29, 0.717) is 6.42 Å². The van der Waals surface area contributed by atoms with E-state index >= 15 is 0 Å². The number of unbranched alkanes of at least 4 members (excludes halogenated alkanes) is 3. The minimum Gasteiger partial charge on any atom is -0.463 e. The Hall–Kier alpha value is -4.67. The molecule has 0 saturated carbocycles. The van der Waals surface area contributed by atoms with Crippen LogP contribution >= 0.6 is 0 Å². The molecule has 38 heteroatoms. The zero-order chi connectivity index (χ0) is 73.5. The summed E-state index contributed by atoms with van der Waals surface area (Å²) in [6.45, 7) is 6.39. The summed E-state index contributed by atoms with van der Waals surface area (Å²) in [4.78, 5) is 85.8. The average molecular weight is 1450 g/mol. The Morgan fingerprint density at radius 3 is 0.940 bits per heavy atom. The molecule has 4 amide bonds. The van der Waals surface area contributed by atoms with E-state index in [0.717, 1.165) is 19.3 Å². The molecule has 38 nitrogen and oxygen atoms in total. The standard InChI is InChI=1S/C62H113N7O31/c1-5-6-7-8-9-49(76)69-62(37-89-16-10-46(73)66-13-19-83-22-25-86-28-31-92-59-50(63)56(80)53(77)43(98-59)34-95-40(2)70,38-90-17-11-47(74)67-14-20-84-23-26-87-29-32-93-60-51(64)57(81)54(78)44(99-60)35-96-41(3)71)39-91-18-12-48(75)68-15-21-85-24-27-88-30-33-94-61-52(65)58(82)55(79)45(100-61)36-97-42(4)72/h43-45,50-61,77-82H,5-39,63-65H2,1-4H3,(H,66,73)(H,67,74)(H,68,75)(H,69,76)/t43?,44?,45?,50-,51?,52?,53?,54?,55?,56?,57?,58?,59?,60?,61?,62?/m0/s1. The zero-order valence-electron chi connectivity index (χ0n) is 58.0. The molecule has 3 saturated heterocycles. The number of nitrogens with two attached hydrogens (primary N) is 3. The van der Waals surface area contributed by atoms with E-state index in [9.17, 15) is 64.2 Å². The van der Waals surface area contributed by atoms with Crippen molar-refractivity contribution in [3.05, 3.63) is 0 Å². The number of carbonyl (C=O) groups is 7. The molecule has 0 aliphatic carbocycles. The molecule has 14 unspecified atom stereocenters. The molecule has 582 valence electrons. The lowest BCUT2D eigenvalue weighted by Gasteiger charge is -2.40. The number of esters is 3. The number of aliphatic hydroxyl groups is 6. The van der Waals surface area contributed by atoms with Crippen LogP contribution in [0.3, 0.4) is 0 Å². The smallest absolute Gasteiger partial charge is 0.302 e. The van der Waals surface area contributed by atoms with Crippen molar-refractivity contribution < 1.29 is 149 Å². The van der Waals surface area contributed by atoms with Crippen LogP contribution in [0.25, 0.3) is 0 Å². The lowest BCUT2D eigenvalue weighted by molar-refractivity contribution is -0.268. The Morgan fingerprint density at radius 2 is 0.650 bits per heavy atom. The van der Waals surface area contributed by atoms with Gasteiger partial charge in [-0.15, -0.1) is 0 Å². The summed E-state index contributed by atoms with van der Waals surface area (Å²) in [6, 6.07) is -3.20. The van der Waals surface area contributed by atoms with Crippen LogP contribution < -0.4 is 38.5 Å². The summed E-state index contributed by atoms with van der Waals surface area (Å²) < 4.78 is 99.6. The number of hydrogen-bond donors (Lipinski definition) is 13. The molecule has 0 aromatic carbocycles. The molecule has 0 radical (unpaired) electrons. The van der Waals surface area contributed by atoms with Gasteiger partial charge >= 0.3 is 17.9 Å². The van der Waals surface area contributed by atoms with Crippen molar-refractivity contribution in [1.82, 2.24) is 21.3 Å². The minimum absolute atomic E-state index is 0.0218. The highest BCUT2D eigenvalue weighted by Gasteiger charge is 2.46. The van der Waals surface area contributed by atoms with Crippen molar-refractivity contribution >= 4 is 41.5 Å². The van der Waals surface area contributed by atoms with E-state index in [4.69, 9.17) is 102 Å². The number of rotatable bonds is 57. The first-order valence-corrected chi connectivity index (χ1v) is 33.9. The highest BCUT2D eigenvalue weighted by molar-refractivity contribution is 5.77. The lowest BCUT2D eigenvalue weighted by atomic mass is 9.98. The summed E-state index contributed by atoms with van der Waals surface area (Å²) in [5.41, 5.74) is 16.5. The quantitative estimate of drug-likeness (QED) is 0.0153. The third-order valence-electron chi connectivity index (χ3n) is 15.2. The van der Waals surface area contributed by atoms with E-state index in [1.54, 1.807) is 0 Å². The van der Waals surface area contributed by atoms with Crippen molar-refractivity contribution in [2.45, 2.75) is 177 Å². The predicted molar refractivity (Wildman–Crippen MR) is 344 cm³/mol. The van der Waals surface area contributed by atoms with Crippen molar-refractivity contribution in [1.29, 1.82) is 0 Å². The van der Waals surface area contributed by atoms with Crippen molar-refractivity contribution in [2.24, 2.45) is 17.2 Å². The van der Waals surface area contributed by atoms with E-state index < -0.39 is 115 Å². The van der Waals surface area contributed by atoms with Crippen molar-refractivity contribution in [3.8, 4) is 0 Å². The Balaban J connectivity index is 1.44. The van der Waals surface area contributed by atoms with Crippen LogP contribution in [0.5, 0.6) is 0 Å². The van der Waals surface area contributed by atoms with Gasteiger partial charge in [-0.05, 0) is 6.42 Å². The van der Waals surface area contributed by atoms with Crippen LogP contribution in [-0.2, 0) is 119 Å². The number of nitrogens with one attached hydrogen (secondary N) is 4. The fourth-order valence-corrected chi connectivity index (χ4v) is 9.61. The van der Waals surface area contributed by atoms with Gasteiger partial charge in [0.1, 0.15) is 80.3 Å². The lowest BCUT2D eigenvalue weighted by Crippen LogP contribution is -2.62. The van der Waals surface area contributed by atoms with E-state index in [2.05, 4.69) is 21.3 Å². The SMILES string of the molecule is CCCCCCC(=O)NC(COCCC(=O)NCCOCCOCCOC1OC(COC(C)=O)C(O)C(O)C1N)(COCCC(=O)NCCOCCOCCOC1OC(COC(C)=O)C(O)C(O)C1N)COCCC(=O)NCCOCCOCCOC1OC(COC(C)=O)C(O)C(O)[C@@H]1N. The second-order valence-electron chi connectivity index (χ2n) is 23.6. The van der Waals surface area contributed by atoms with Gasteiger partial charge in [0.15, 0.2) is 18.9 Å². The molecule has 3 heterocycles. The molecule has 3 rings (SSSR count). The van der Waals surface area contributed by atoms with Gasteiger partial charge < -0.3 is 154 Å². The topological polar surface area (TPSA) is 533 Å². The first-order chi connectivity index (χ1) is 48.0. The molecule has 15 atom stereocenters. The Bertz CT molecular complexity index is 2040.